The Kier molecular flexibility index (Phi) is 6.39. The van der Waals surface area contributed by atoms with Gasteiger partial charge in [-0.15, -0.1) is 11.8 Å². The fraction of sp³-hybridized carbons (Fsp3) is 0.381. The van der Waals surface area contributed by atoms with Crippen molar-refractivity contribution in [1.29, 1.82) is 0 Å². The maximum Gasteiger partial charge on any atom is 0.269 e. The maximum absolute atomic E-state index is 12.5. The molecule has 9 heteroatoms. The van der Waals surface area contributed by atoms with Crippen LogP contribution in [0.4, 0.5) is 5.69 Å². The molecule has 2 aliphatic rings. The number of ether oxygens (including phenoxy) is 2. The molecular weight excluding hydrogens is 406 g/mol. The number of amides is 1. The van der Waals surface area contributed by atoms with Crippen molar-refractivity contribution in [2.75, 3.05) is 38.7 Å². The third kappa shape index (κ3) is 5.03. The predicted octanol–water partition coefficient (Wildman–Crippen LogP) is 2.90. The maximum atomic E-state index is 12.5. The van der Waals surface area contributed by atoms with Gasteiger partial charge < -0.3 is 14.4 Å². The zero-order valence-electron chi connectivity index (χ0n) is 16.5. The first-order valence-electron chi connectivity index (χ1n) is 9.78. The fourth-order valence-corrected chi connectivity index (χ4v) is 4.40. The summed E-state index contributed by atoms with van der Waals surface area (Å²) in [6.07, 6.45) is 0. The molecule has 158 valence electrons. The second-order valence-electron chi connectivity index (χ2n) is 7.26. The molecule has 1 fully saturated rings. The number of piperazine rings is 1. The van der Waals surface area contributed by atoms with Gasteiger partial charge in [0.15, 0.2) is 11.5 Å². The van der Waals surface area contributed by atoms with E-state index in [-0.39, 0.29) is 18.4 Å². The highest BCUT2D eigenvalue weighted by Gasteiger charge is 2.22. The molecule has 0 radical (unpaired) electrons. The predicted molar refractivity (Wildman–Crippen MR) is 114 cm³/mol. The molecule has 0 saturated carbocycles. The summed E-state index contributed by atoms with van der Waals surface area (Å²) in [5.41, 5.74) is 2.24. The lowest BCUT2D eigenvalue weighted by atomic mass is 10.1. The lowest BCUT2D eigenvalue weighted by Gasteiger charge is -2.34. The van der Waals surface area contributed by atoms with Gasteiger partial charge in [-0.1, -0.05) is 18.2 Å². The molecule has 0 unspecified atom stereocenters. The summed E-state index contributed by atoms with van der Waals surface area (Å²) >= 11 is 1.54. The third-order valence-electron chi connectivity index (χ3n) is 5.21. The Morgan fingerprint density at radius 1 is 1.00 bits per heavy atom. The number of nitro groups is 1. The average molecular weight is 429 g/mol. The van der Waals surface area contributed by atoms with Crippen LogP contribution in [0.5, 0.6) is 11.5 Å². The number of non-ortho nitro benzene ring substituents is 1. The first-order chi connectivity index (χ1) is 14.6. The number of fused-ring (bicyclic) bond motifs is 1. The van der Waals surface area contributed by atoms with Gasteiger partial charge in [0, 0.05) is 50.6 Å². The van der Waals surface area contributed by atoms with Crippen LogP contribution in [0, 0.1) is 10.1 Å². The highest BCUT2D eigenvalue weighted by molar-refractivity contribution is 7.99. The molecule has 0 aromatic heterocycles. The number of benzene rings is 2. The van der Waals surface area contributed by atoms with Gasteiger partial charge in [0.25, 0.3) is 5.69 Å². The fourth-order valence-electron chi connectivity index (χ4n) is 3.51. The molecule has 2 aliphatic heterocycles. The van der Waals surface area contributed by atoms with Crippen LogP contribution in [-0.2, 0) is 17.1 Å². The van der Waals surface area contributed by atoms with Crippen LogP contribution in [0.2, 0.25) is 0 Å². The van der Waals surface area contributed by atoms with E-state index in [1.807, 2.05) is 17.0 Å². The third-order valence-corrected chi connectivity index (χ3v) is 6.20. The van der Waals surface area contributed by atoms with Gasteiger partial charge in [-0.3, -0.25) is 19.8 Å². The Balaban J connectivity index is 1.18. The molecule has 2 aromatic carbocycles. The Morgan fingerprint density at radius 3 is 2.43 bits per heavy atom. The Hall–Kier alpha value is -2.78. The summed E-state index contributed by atoms with van der Waals surface area (Å²) in [6.45, 7) is 4.23. The monoisotopic (exact) mass is 429 g/mol. The average Bonchev–Trinajstić information content (AvgIpc) is 3.22. The topological polar surface area (TPSA) is 85.2 Å². The minimum absolute atomic E-state index is 0.0819. The number of hydrogen-bond donors (Lipinski definition) is 0. The van der Waals surface area contributed by atoms with Crippen LogP contribution in [0.1, 0.15) is 11.1 Å². The molecule has 1 amide bonds. The second kappa shape index (κ2) is 9.36. The van der Waals surface area contributed by atoms with E-state index in [4.69, 9.17) is 9.47 Å². The molecular formula is C21H23N3O5S. The van der Waals surface area contributed by atoms with Gasteiger partial charge in [-0.2, -0.15) is 0 Å². The van der Waals surface area contributed by atoms with Crippen LogP contribution >= 0.6 is 11.8 Å². The number of carbonyl (C=O) groups is 1. The molecule has 0 spiro atoms. The van der Waals surface area contributed by atoms with Gasteiger partial charge in [0.1, 0.15) is 0 Å². The molecule has 0 N–H and O–H groups in total. The number of thioether (sulfide) groups is 1. The van der Waals surface area contributed by atoms with Gasteiger partial charge in [0.05, 0.1) is 10.7 Å². The van der Waals surface area contributed by atoms with Crippen LogP contribution in [0.15, 0.2) is 42.5 Å². The van der Waals surface area contributed by atoms with Crippen molar-refractivity contribution in [3.05, 3.63) is 63.7 Å². The van der Waals surface area contributed by atoms with Crippen molar-refractivity contribution in [3.8, 4) is 11.5 Å². The number of nitrogens with zero attached hydrogens (tertiary/aromatic N) is 3. The molecule has 30 heavy (non-hydrogen) atoms. The lowest BCUT2D eigenvalue weighted by molar-refractivity contribution is -0.384. The van der Waals surface area contributed by atoms with Gasteiger partial charge in [-0.05, 0) is 23.3 Å². The normalized spacial score (nSPS) is 15.9. The van der Waals surface area contributed by atoms with E-state index in [2.05, 4.69) is 11.0 Å². The Morgan fingerprint density at radius 2 is 1.70 bits per heavy atom. The number of nitro benzene ring substituents is 1. The van der Waals surface area contributed by atoms with Gasteiger partial charge in [0.2, 0.25) is 12.7 Å². The summed E-state index contributed by atoms with van der Waals surface area (Å²) in [6, 6.07) is 12.5. The van der Waals surface area contributed by atoms with Crippen LogP contribution < -0.4 is 9.47 Å². The van der Waals surface area contributed by atoms with E-state index >= 15 is 0 Å². The highest BCUT2D eigenvalue weighted by atomic mass is 32.2. The molecule has 4 rings (SSSR count). The number of rotatable bonds is 7. The minimum Gasteiger partial charge on any atom is -0.454 e. The zero-order valence-corrected chi connectivity index (χ0v) is 17.3. The van der Waals surface area contributed by atoms with Crippen LogP contribution in [0.3, 0.4) is 0 Å². The lowest BCUT2D eigenvalue weighted by Crippen LogP contribution is -2.48. The summed E-state index contributed by atoms with van der Waals surface area (Å²) in [7, 11) is 0. The zero-order chi connectivity index (χ0) is 20.9. The molecule has 8 nitrogen and oxygen atoms in total. The Bertz CT molecular complexity index is 913. The molecule has 1 saturated heterocycles. The van der Waals surface area contributed by atoms with E-state index in [9.17, 15) is 14.9 Å². The van der Waals surface area contributed by atoms with Crippen molar-refractivity contribution in [2.24, 2.45) is 0 Å². The van der Waals surface area contributed by atoms with Crippen LogP contribution in [0.25, 0.3) is 0 Å². The molecule has 2 aromatic rings. The van der Waals surface area contributed by atoms with Crippen LogP contribution in [-0.4, -0.2) is 59.4 Å². The van der Waals surface area contributed by atoms with Gasteiger partial charge in [-0.25, -0.2) is 0 Å². The van der Waals surface area contributed by atoms with E-state index in [1.165, 1.54) is 29.5 Å². The standard InChI is InChI=1S/C21H23N3O5S/c25-21(14-30-13-16-1-4-18(5-2-16)24(26)27)23-9-7-22(8-10-23)12-17-3-6-19-20(11-17)29-15-28-19/h1-6,11H,7-10,12-15H2. The number of carbonyl (C=O) groups excluding carboxylic acids is 1. The molecule has 0 atom stereocenters. The summed E-state index contributed by atoms with van der Waals surface area (Å²) in [4.78, 5) is 27.0. The Labute approximate surface area is 178 Å². The van der Waals surface area contributed by atoms with E-state index in [1.54, 1.807) is 12.1 Å². The minimum atomic E-state index is -0.410. The first kappa shape index (κ1) is 20.5. The van der Waals surface area contributed by atoms with Crippen molar-refractivity contribution in [1.82, 2.24) is 9.80 Å². The number of hydrogen-bond acceptors (Lipinski definition) is 7. The first-order valence-corrected chi connectivity index (χ1v) is 10.9. The summed E-state index contributed by atoms with van der Waals surface area (Å²) in [5.74, 6) is 2.81. The van der Waals surface area contributed by atoms with E-state index < -0.39 is 4.92 Å². The molecule has 0 aliphatic carbocycles. The summed E-state index contributed by atoms with van der Waals surface area (Å²) in [5, 5.41) is 10.7. The van der Waals surface area contributed by atoms with Crippen molar-refractivity contribution in [3.63, 3.8) is 0 Å². The molecule has 2 heterocycles. The molecule has 0 bridgehead atoms. The van der Waals surface area contributed by atoms with E-state index in [0.29, 0.717) is 11.5 Å². The van der Waals surface area contributed by atoms with Crippen molar-refractivity contribution in [2.45, 2.75) is 12.3 Å². The SMILES string of the molecule is O=C(CSCc1ccc([N+](=O)[O-])cc1)N1CCN(Cc2ccc3c(c2)OCO3)CC1. The summed E-state index contributed by atoms with van der Waals surface area (Å²) < 4.78 is 10.8. The van der Waals surface area contributed by atoms with Crippen molar-refractivity contribution < 1.29 is 19.2 Å². The highest BCUT2D eigenvalue weighted by Crippen LogP contribution is 2.32. The van der Waals surface area contributed by atoms with Gasteiger partial charge >= 0.3 is 0 Å². The smallest absolute Gasteiger partial charge is 0.269 e. The second-order valence-corrected chi connectivity index (χ2v) is 8.25. The van der Waals surface area contributed by atoms with E-state index in [0.717, 1.165) is 49.8 Å². The largest absolute Gasteiger partial charge is 0.454 e. The van der Waals surface area contributed by atoms with Crippen molar-refractivity contribution >= 4 is 23.4 Å². The quantitative estimate of drug-likeness (QED) is 0.494.